The van der Waals surface area contributed by atoms with E-state index in [1.165, 1.54) is 0 Å². The third-order valence-corrected chi connectivity index (χ3v) is 7.86. The monoisotopic (exact) mass is 439 g/mol. The molecule has 3 atom stereocenters. The Hall–Kier alpha value is -1.20. The van der Waals surface area contributed by atoms with Crippen LogP contribution in [0.3, 0.4) is 0 Å². The minimum Gasteiger partial charge on any atom is -0.460 e. The van der Waals surface area contributed by atoms with Crippen molar-refractivity contribution in [3.63, 3.8) is 0 Å². The molecule has 1 aliphatic rings. The van der Waals surface area contributed by atoms with E-state index in [1.54, 1.807) is 0 Å². The zero-order valence-electron chi connectivity index (χ0n) is 19.4. The first-order valence-corrected chi connectivity index (χ1v) is 12.5. The van der Waals surface area contributed by atoms with Gasteiger partial charge in [0.25, 0.3) is 0 Å². The summed E-state index contributed by atoms with van der Waals surface area (Å²) in [6, 6.07) is 9.44. The predicted molar refractivity (Wildman–Crippen MR) is 119 cm³/mol. The van der Waals surface area contributed by atoms with Crippen molar-refractivity contribution in [3.05, 3.63) is 35.9 Å². The Labute approximate surface area is 181 Å². The Kier molecular flexibility index (Phi) is 8.31. The Morgan fingerprint density at radius 1 is 1.17 bits per heavy atom. The van der Waals surface area contributed by atoms with Gasteiger partial charge in [0.1, 0.15) is 10.9 Å². The van der Waals surface area contributed by atoms with Gasteiger partial charge in [0, 0.05) is 6.04 Å². The lowest BCUT2D eigenvalue weighted by Crippen LogP contribution is -2.43. The molecule has 30 heavy (non-hydrogen) atoms. The van der Waals surface area contributed by atoms with Crippen molar-refractivity contribution < 1.29 is 23.1 Å². The predicted octanol–water partition coefficient (Wildman–Crippen LogP) is 5.69. The molecule has 0 radical (unpaired) electrons. The van der Waals surface area contributed by atoms with E-state index in [0.29, 0.717) is 12.8 Å². The molecule has 1 aromatic rings. The molecule has 0 bridgehead atoms. The summed E-state index contributed by atoms with van der Waals surface area (Å²) in [5.74, 6) is -0.575. The van der Waals surface area contributed by atoms with Gasteiger partial charge in [0.15, 0.2) is 0 Å². The van der Waals surface area contributed by atoms with Crippen LogP contribution >= 0.6 is 7.60 Å². The number of ether oxygens (including phenoxy) is 1. The summed E-state index contributed by atoms with van der Waals surface area (Å²) in [4.78, 5) is 13.2. The summed E-state index contributed by atoms with van der Waals surface area (Å²) in [5, 5.41) is 2.60. The molecule has 0 saturated carbocycles. The molecule has 6 nitrogen and oxygen atoms in total. The summed E-state index contributed by atoms with van der Waals surface area (Å²) in [7, 11) is -3.56. The van der Waals surface area contributed by atoms with Gasteiger partial charge in [-0.2, -0.15) is 0 Å². The van der Waals surface area contributed by atoms with E-state index in [2.05, 4.69) is 19.2 Å². The largest absolute Gasteiger partial charge is 0.460 e. The first-order chi connectivity index (χ1) is 14.0. The highest BCUT2D eigenvalue weighted by Crippen LogP contribution is 2.66. The van der Waals surface area contributed by atoms with E-state index >= 15 is 0 Å². The van der Waals surface area contributed by atoms with Gasteiger partial charge in [0.2, 0.25) is 0 Å². The van der Waals surface area contributed by atoms with Crippen LogP contribution in [0.5, 0.6) is 0 Å². The highest BCUT2D eigenvalue weighted by Gasteiger charge is 2.60. The van der Waals surface area contributed by atoms with Gasteiger partial charge in [-0.1, -0.05) is 44.2 Å². The minimum absolute atomic E-state index is 0.223. The average Bonchev–Trinajstić information content (AvgIpc) is 3.02. The van der Waals surface area contributed by atoms with Crippen molar-refractivity contribution in [1.29, 1.82) is 0 Å². The fraction of sp³-hybridized carbons (Fsp3) is 0.696. The van der Waals surface area contributed by atoms with Gasteiger partial charge in [-0.25, -0.2) is 0 Å². The van der Waals surface area contributed by atoms with E-state index < -0.39 is 24.4 Å². The van der Waals surface area contributed by atoms with Crippen LogP contribution in [0.2, 0.25) is 0 Å². The third kappa shape index (κ3) is 5.73. The van der Waals surface area contributed by atoms with Crippen molar-refractivity contribution in [2.24, 2.45) is 11.8 Å². The van der Waals surface area contributed by atoms with Crippen LogP contribution in [-0.4, -0.2) is 30.1 Å². The van der Waals surface area contributed by atoms with Crippen molar-refractivity contribution >= 4 is 13.6 Å². The Balaban J connectivity index is 2.55. The Bertz CT molecular complexity index is 736. The molecule has 1 N–H and O–H groups in total. The number of rotatable bonds is 9. The lowest BCUT2D eigenvalue weighted by molar-refractivity contribution is -0.160. The highest BCUT2D eigenvalue weighted by molar-refractivity contribution is 7.55. The first kappa shape index (κ1) is 25.1. The second-order valence-electron chi connectivity index (χ2n) is 9.34. The molecule has 2 rings (SSSR count). The summed E-state index contributed by atoms with van der Waals surface area (Å²) in [6.45, 7) is 13.9. The van der Waals surface area contributed by atoms with Crippen molar-refractivity contribution in [2.75, 3.05) is 13.2 Å². The smallest absolute Gasteiger partial charge is 0.350 e. The number of carbonyl (C=O) groups is 1. The number of esters is 1. The molecule has 170 valence electrons. The number of nitrogens with one attached hydrogen (secondary N) is 1. The van der Waals surface area contributed by atoms with E-state index in [9.17, 15) is 9.36 Å². The molecule has 1 aliphatic heterocycles. The molecular formula is C23H38NO5P. The van der Waals surface area contributed by atoms with Gasteiger partial charge < -0.3 is 13.8 Å². The lowest BCUT2D eigenvalue weighted by atomic mass is 9.91. The summed E-state index contributed by atoms with van der Waals surface area (Å²) < 4.78 is 31.4. The number of benzene rings is 1. The van der Waals surface area contributed by atoms with E-state index in [0.717, 1.165) is 5.56 Å². The topological polar surface area (TPSA) is 73.9 Å². The fourth-order valence-corrected chi connectivity index (χ4v) is 6.80. The molecule has 0 spiro atoms. The number of carbonyl (C=O) groups excluding carboxylic acids is 1. The molecule has 0 aliphatic carbocycles. The molecule has 0 amide bonds. The Morgan fingerprint density at radius 2 is 1.73 bits per heavy atom. The zero-order valence-corrected chi connectivity index (χ0v) is 20.3. The molecule has 1 saturated heterocycles. The Morgan fingerprint density at radius 3 is 2.20 bits per heavy atom. The first-order valence-electron chi connectivity index (χ1n) is 10.9. The van der Waals surface area contributed by atoms with Crippen LogP contribution in [0.1, 0.15) is 72.9 Å². The fourth-order valence-electron chi connectivity index (χ4n) is 4.25. The molecule has 0 unspecified atom stereocenters. The van der Waals surface area contributed by atoms with Gasteiger partial charge in [-0.3, -0.25) is 14.7 Å². The highest BCUT2D eigenvalue weighted by atomic mass is 31.2. The molecule has 1 fully saturated rings. The van der Waals surface area contributed by atoms with Crippen LogP contribution in [0.4, 0.5) is 0 Å². The van der Waals surface area contributed by atoms with Crippen LogP contribution in [-0.2, 0) is 23.1 Å². The maximum Gasteiger partial charge on any atom is 0.350 e. The van der Waals surface area contributed by atoms with E-state index in [4.69, 9.17) is 13.8 Å². The lowest BCUT2D eigenvalue weighted by Gasteiger charge is -2.38. The average molecular weight is 440 g/mol. The summed E-state index contributed by atoms with van der Waals surface area (Å²) >= 11 is 0. The van der Waals surface area contributed by atoms with Crippen LogP contribution in [0, 0.1) is 11.8 Å². The number of hydrogen-bond donors (Lipinski definition) is 1. The normalized spacial score (nSPS) is 24.9. The molecule has 0 aromatic heterocycles. The van der Waals surface area contributed by atoms with Crippen LogP contribution < -0.4 is 5.32 Å². The van der Waals surface area contributed by atoms with Crippen molar-refractivity contribution in [1.82, 2.24) is 5.32 Å². The molecule has 7 heteroatoms. The molecule has 1 aromatic carbocycles. The molecule has 1 heterocycles. The SMILES string of the molecule is CCOP(=O)(OCC)[C@@]1(CC(C)C)C[C@H](C(=O)OC(C)(C)C)[C@@H](c2ccccc2)N1. The number of hydrogen-bond acceptors (Lipinski definition) is 6. The zero-order chi connectivity index (χ0) is 22.6. The summed E-state index contributed by atoms with van der Waals surface area (Å²) in [6.07, 6.45) is 0.893. The van der Waals surface area contributed by atoms with Gasteiger partial charge in [-0.15, -0.1) is 0 Å². The standard InChI is InChI=1S/C23H38NO5P/c1-8-27-30(26,28-9-2)23(15-17(3)4)16-19(21(25)29-22(5,6)7)20(24-23)18-13-11-10-12-14-18/h10-14,17,19-20,24H,8-9,15-16H2,1-7H3/t19-,20+,23-/m0/s1. The third-order valence-electron chi connectivity index (χ3n) is 5.12. The van der Waals surface area contributed by atoms with Gasteiger partial charge in [-0.05, 0) is 58.9 Å². The van der Waals surface area contributed by atoms with Crippen LogP contribution in [0.15, 0.2) is 30.3 Å². The summed E-state index contributed by atoms with van der Waals surface area (Å²) in [5.41, 5.74) is 0.351. The van der Waals surface area contributed by atoms with Crippen molar-refractivity contribution in [2.45, 2.75) is 78.2 Å². The van der Waals surface area contributed by atoms with Crippen LogP contribution in [0.25, 0.3) is 0 Å². The maximum atomic E-state index is 14.0. The van der Waals surface area contributed by atoms with Gasteiger partial charge >= 0.3 is 13.6 Å². The van der Waals surface area contributed by atoms with Gasteiger partial charge in [0.05, 0.1) is 19.1 Å². The second-order valence-corrected chi connectivity index (χ2v) is 11.7. The molecular weight excluding hydrogens is 401 g/mol. The second kappa shape index (κ2) is 9.95. The van der Waals surface area contributed by atoms with E-state index in [1.807, 2.05) is 65.0 Å². The van der Waals surface area contributed by atoms with E-state index in [-0.39, 0.29) is 31.1 Å². The quantitative estimate of drug-likeness (QED) is 0.394. The maximum absolute atomic E-state index is 14.0. The van der Waals surface area contributed by atoms with Crippen molar-refractivity contribution in [3.8, 4) is 0 Å². The minimum atomic E-state index is -3.56.